The Bertz CT molecular complexity index is 961. The smallest absolute Gasteiger partial charge is 0.311 e. The van der Waals surface area contributed by atoms with E-state index in [-0.39, 0.29) is 11.5 Å². The fourth-order valence-corrected chi connectivity index (χ4v) is 2.86. The molecule has 3 rings (SSSR count). The number of anilines is 1. The molecular weight excluding hydrogens is 358 g/mol. The zero-order chi connectivity index (χ0) is 19.9. The summed E-state index contributed by atoms with van der Waals surface area (Å²) in [4.78, 5) is 15.4. The maximum absolute atomic E-state index is 11.4. The SMILES string of the molecule is COc1ccc(-c2ccc([N+](=O)[O-])c(NCCc3ccccc3)n2)cc1OC. The number of nitrogens with one attached hydrogen (secondary N) is 1. The summed E-state index contributed by atoms with van der Waals surface area (Å²) in [6.07, 6.45) is 0.736. The van der Waals surface area contributed by atoms with Gasteiger partial charge in [-0.05, 0) is 36.2 Å². The molecule has 2 aromatic carbocycles. The van der Waals surface area contributed by atoms with E-state index in [1.807, 2.05) is 36.4 Å². The molecule has 3 aromatic rings. The molecule has 0 aliphatic carbocycles. The van der Waals surface area contributed by atoms with Gasteiger partial charge in [0.25, 0.3) is 0 Å². The van der Waals surface area contributed by atoms with E-state index in [9.17, 15) is 10.1 Å². The summed E-state index contributed by atoms with van der Waals surface area (Å²) >= 11 is 0. The topological polar surface area (TPSA) is 86.5 Å². The Balaban J connectivity index is 1.86. The first-order valence-electron chi connectivity index (χ1n) is 8.78. The van der Waals surface area contributed by atoms with Crippen LogP contribution in [-0.4, -0.2) is 30.7 Å². The van der Waals surface area contributed by atoms with E-state index >= 15 is 0 Å². The zero-order valence-corrected chi connectivity index (χ0v) is 15.7. The number of hydrogen-bond acceptors (Lipinski definition) is 6. The van der Waals surface area contributed by atoms with Gasteiger partial charge in [-0.2, -0.15) is 0 Å². The van der Waals surface area contributed by atoms with Crippen molar-refractivity contribution in [2.75, 3.05) is 26.1 Å². The summed E-state index contributed by atoms with van der Waals surface area (Å²) in [7, 11) is 3.12. The van der Waals surface area contributed by atoms with Crippen LogP contribution in [-0.2, 0) is 6.42 Å². The van der Waals surface area contributed by atoms with Gasteiger partial charge in [0.15, 0.2) is 11.5 Å². The van der Waals surface area contributed by atoms with Crippen molar-refractivity contribution in [2.45, 2.75) is 6.42 Å². The summed E-state index contributed by atoms with van der Waals surface area (Å²) in [5, 5.41) is 14.5. The molecule has 1 heterocycles. The quantitative estimate of drug-likeness (QED) is 0.463. The third-order valence-electron chi connectivity index (χ3n) is 4.30. The van der Waals surface area contributed by atoms with Crippen molar-refractivity contribution in [3.63, 3.8) is 0 Å². The lowest BCUT2D eigenvalue weighted by atomic mass is 10.1. The first-order valence-corrected chi connectivity index (χ1v) is 8.78. The van der Waals surface area contributed by atoms with Crippen molar-refractivity contribution >= 4 is 11.5 Å². The van der Waals surface area contributed by atoms with Crippen molar-refractivity contribution < 1.29 is 14.4 Å². The molecule has 0 aliphatic heterocycles. The molecule has 0 unspecified atom stereocenters. The Morgan fingerprint density at radius 1 is 1.00 bits per heavy atom. The van der Waals surface area contributed by atoms with Crippen molar-refractivity contribution in [3.8, 4) is 22.8 Å². The van der Waals surface area contributed by atoms with Gasteiger partial charge >= 0.3 is 5.69 Å². The molecular formula is C21H21N3O4. The van der Waals surface area contributed by atoms with E-state index in [0.717, 1.165) is 17.5 Å². The number of pyridine rings is 1. The molecule has 0 atom stereocenters. The largest absolute Gasteiger partial charge is 0.493 e. The fraction of sp³-hybridized carbons (Fsp3) is 0.190. The number of hydrogen-bond donors (Lipinski definition) is 1. The Kier molecular flexibility index (Phi) is 6.06. The highest BCUT2D eigenvalue weighted by Crippen LogP contribution is 2.33. The standard InChI is InChI=1S/C21H21N3O4/c1-27-19-11-8-16(14-20(19)28-2)17-9-10-18(24(25)26)21(23-17)22-13-12-15-6-4-3-5-7-15/h3-11,14H,12-13H2,1-2H3,(H,22,23). The van der Waals surface area contributed by atoms with E-state index < -0.39 is 4.92 Å². The van der Waals surface area contributed by atoms with E-state index in [4.69, 9.17) is 9.47 Å². The van der Waals surface area contributed by atoms with Gasteiger partial charge in [0.05, 0.1) is 24.8 Å². The third kappa shape index (κ3) is 4.37. The summed E-state index contributed by atoms with van der Waals surface area (Å²) in [5.41, 5.74) is 2.47. The van der Waals surface area contributed by atoms with E-state index in [2.05, 4.69) is 10.3 Å². The molecule has 28 heavy (non-hydrogen) atoms. The molecule has 1 N–H and O–H groups in total. The van der Waals surface area contributed by atoms with Crippen LogP contribution in [0.5, 0.6) is 11.5 Å². The van der Waals surface area contributed by atoms with Crippen LogP contribution < -0.4 is 14.8 Å². The van der Waals surface area contributed by atoms with Crippen molar-refractivity contribution in [2.24, 2.45) is 0 Å². The average molecular weight is 379 g/mol. The highest BCUT2D eigenvalue weighted by Gasteiger charge is 2.17. The second-order valence-electron chi connectivity index (χ2n) is 6.05. The van der Waals surface area contributed by atoms with Crippen LogP contribution in [0, 0.1) is 10.1 Å². The Labute approximate surface area is 163 Å². The summed E-state index contributed by atoms with van der Waals surface area (Å²) in [5.74, 6) is 1.42. The molecule has 0 aliphatic rings. The molecule has 0 radical (unpaired) electrons. The fourth-order valence-electron chi connectivity index (χ4n) is 2.86. The second kappa shape index (κ2) is 8.85. The zero-order valence-electron chi connectivity index (χ0n) is 15.7. The van der Waals surface area contributed by atoms with Gasteiger partial charge in [0.2, 0.25) is 5.82 Å². The highest BCUT2D eigenvalue weighted by atomic mass is 16.6. The van der Waals surface area contributed by atoms with Gasteiger partial charge < -0.3 is 14.8 Å². The van der Waals surface area contributed by atoms with E-state index in [0.29, 0.717) is 23.7 Å². The molecule has 144 valence electrons. The second-order valence-corrected chi connectivity index (χ2v) is 6.05. The molecule has 0 bridgehead atoms. The lowest BCUT2D eigenvalue weighted by molar-refractivity contribution is -0.384. The lowest BCUT2D eigenvalue weighted by Crippen LogP contribution is -2.09. The summed E-state index contributed by atoms with van der Waals surface area (Å²) in [6, 6.07) is 18.4. The molecule has 7 nitrogen and oxygen atoms in total. The van der Waals surface area contributed by atoms with Gasteiger partial charge in [-0.15, -0.1) is 0 Å². The minimum Gasteiger partial charge on any atom is -0.493 e. The monoisotopic (exact) mass is 379 g/mol. The first-order chi connectivity index (χ1) is 13.6. The Morgan fingerprint density at radius 2 is 1.75 bits per heavy atom. The van der Waals surface area contributed by atoms with Crippen molar-refractivity contribution in [1.29, 1.82) is 0 Å². The maximum Gasteiger partial charge on any atom is 0.311 e. The number of benzene rings is 2. The Morgan fingerprint density at radius 3 is 2.43 bits per heavy atom. The number of nitrogens with zero attached hydrogens (tertiary/aromatic N) is 2. The van der Waals surface area contributed by atoms with E-state index in [1.165, 1.54) is 6.07 Å². The average Bonchev–Trinajstić information content (AvgIpc) is 2.73. The molecule has 0 spiro atoms. The van der Waals surface area contributed by atoms with Crippen LogP contribution >= 0.6 is 0 Å². The summed E-state index contributed by atoms with van der Waals surface area (Å²) < 4.78 is 10.6. The third-order valence-corrected chi connectivity index (χ3v) is 4.30. The predicted octanol–water partition coefficient (Wildman–Crippen LogP) is 4.33. The van der Waals surface area contributed by atoms with Crippen LogP contribution in [0.15, 0.2) is 60.7 Å². The number of nitro groups is 1. The molecule has 7 heteroatoms. The molecule has 0 saturated carbocycles. The van der Waals surface area contributed by atoms with Gasteiger partial charge in [-0.1, -0.05) is 30.3 Å². The lowest BCUT2D eigenvalue weighted by Gasteiger charge is -2.11. The maximum atomic E-state index is 11.4. The van der Waals surface area contributed by atoms with Crippen LogP contribution in [0.2, 0.25) is 0 Å². The number of rotatable bonds is 8. The number of methoxy groups -OCH3 is 2. The van der Waals surface area contributed by atoms with Gasteiger partial charge in [-0.3, -0.25) is 10.1 Å². The molecule has 0 saturated heterocycles. The highest BCUT2D eigenvalue weighted by molar-refractivity contribution is 5.69. The van der Waals surface area contributed by atoms with Gasteiger partial charge in [0.1, 0.15) is 0 Å². The molecule has 1 aromatic heterocycles. The van der Waals surface area contributed by atoms with Crippen LogP contribution in [0.3, 0.4) is 0 Å². The van der Waals surface area contributed by atoms with Crippen molar-refractivity contribution in [1.82, 2.24) is 4.98 Å². The van der Waals surface area contributed by atoms with E-state index in [1.54, 1.807) is 32.4 Å². The van der Waals surface area contributed by atoms with Gasteiger partial charge in [-0.25, -0.2) is 4.98 Å². The molecule has 0 fully saturated rings. The van der Waals surface area contributed by atoms with Gasteiger partial charge in [0, 0.05) is 18.2 Å². The van der Waals surface area contributed by atoms with Crippen LogP contribution in [0.25, 0.3) is 11.3 Å². The van der Waals surface area contributed by atoms with Crippen LogP contribution in [0.1, 0.15) is 5.56 Å². The first kappa shape index (κ1) is 19.2. The summed E-state index contributed by atoms with van der Waals surface area (Å²) in [6.45, 7) is 0.535. The normalized spacial score (nSPS) is 10.4. The number of aromatic nitrogens is 1. The number of ether oxygens (including phenoxy) is 2. The Hall–Kier alpha value is -3.61. The van der Waals surface area contributed by atoms with Crippen LogP contribution in [0.4, 0.5) is 11.5 Å². The van der Waals surface area contributed by atoms with Crippen molar-refractivity contribution in [3.05, 3.63) is 76.3 Å². The molecule has 0 amide bonds. The predicted molar refractivity (Wildman–Crippen MR) is 108 cm³/mol. The minimum absolute atomic E-state index is 0.0581. The minimum atomic E-state index is -0.434.